The third-order valence-electron chi connectivity index (χ3n) is 3.91. The third-order valence-corrected chi connectivity index (χ3v) is 4.97. The maximum absolute atomic E-state index is 12.4. The van der Waals surface area contributed by atoms with Gasteiger partial charge in [0.1, 0.15) is 0 Å². The largest absolute Gasteiger partial charge is 0.452 e. The molecule has 8 nitrogen and oxygen atoms in total. The Morgan fingerprint density at radius 3 is 2.66 bits per heavy atom. The first-order valence-electron chi connectivity index (χ1n) is 9.17. The van der Waals surface area contributed by atoms with Gasteiger partial charge in [-0.05, 0) is 41.1 Å². The fraction of sp³-hybridized carbons (Fsp3) is 0.250. The van der Waals surface area contributed by atoms with Crippen LogP contribution in [0.4, 0.5) is 0 Å². The highest BCUT2D eigenvalue weighted by Crippen LogP contribution is 2.26. The predicted molar refractivity (Wildman–Crippen MR) is 109 cm³/mol. The summed E-state index contributed by atoms with van der Waals surface area (Å²) >= 11 is 1.43. The average molecular weight is 411 g/mol. The van der Waals surface area contributed by atoms with Crippen molar-refractivity contribution in [3.05, 3.63) is 66.0 Å². The van der Waals surface area contributed by atoms with Crippen LogP contribution < -0.4 is 5.32 Å². The minimum atomic E-state index is -0.539. The molecule has 150 valence electrons. The van der Waals surface area contributed by atoms with Gasteiger partial charge in [-0.1, -0.05) is 37.3 Å². The summed E-state index contributed by atoms with van der Waals surface area (Å²) < 4.78 is 6.81. The first kappa shape index (κ1) is 20.5. The standard InChI is InChI=1S/C20H21N5O3S/c1-2-12-21-19(26)13-28-20(27)16-10-6-7-11-17(16)29-14-18-22-23-24-25(18)15-8-4-3-5-9-15/h3-11H,2,12-14H2,1H3,(H,21,26). The van der Waals surface area contributed by atoms with Crippen molar-refractivity contribution in [2.75, 3.05) is 13.2 Å². The summed E-state index contributed by atoms with van der Waals surface area (Å²) in [6.07, 6.45) is 0.821. The Hall–Kier alpha value is -3.20. The second-order valence-corrected chi connectivity index (χ2v) is 7.07. The zero-order chi connectivity index (χ0) is 20.5. The van der Waals surface area contributed by atoms with Crippen LogP contribution in [0.1, 0.15) is 29.5 Å². The smallest absolute Gasteiger partial charge is 0.339 e. The van der Waals surface area contributed by atoms with Crippen molar-refractivity contribution in [2.24, 2.45) is 0 Å². The van der Waals surface area contributed by atoms with Crippen LogP contribution >= 0.6 is 11.8 Å². The van der Waals surface area contributed by atoms with Crippen LogP contribution in [-0.4, -0.2) is 45.2 Å². The van der Waals surface area contributed by atoms with Crippen LogP contribution in [-0.2, 0) is 15.3 Å². The number of carbonyl (C=O) groups excluding carboxylic acids is 2. The number of hydrogen-bond acceptors (Lipinski definition) is 7. The van der Waals surface area contributed by atoms with Gasteiger partial charge >= 0.3 is 5.97 Å². The molecule has 3 rings (SSSR count). The summed E-state index contributed by atoms with van der Waals surface area (Å²) in [6.45, 7) is 2.21. The van der Waals surface area contributed by atoms with Crippen molar-refractivity contribution < 1.29 is 14.3 Å². The highest BCUT2D eigenvalue weighted by Gasteiger charge is 2.16. The maximum Gasteiger partial charge on any atom is 0.339 e. The average Bonchev–Trinajstić information content (AvgIpc) is 3.24. The normalized spacial score (nSPS) is 10.5. The van der Waals surface area contributed by atoms with Gasteiger partial charge in [-0.3, -0.25) is 4.79 Å². The van der Waals surface area contributed by atoms with Crippen molar-refractivity contribution in [1.82, 2.24) is 25.5 Å². The number of para-hydroxylation sites is 1. The zero-order valence-corrected chi connectivity index (χ0v) is 16.8. The highest BCUT2D eigenvalue weighted by atomic mass is 32.2. The lowest BCUT2D eigenvalue weighted by Gasteiger charge is -2.10. The van der Waals surface area contributed by atoms with Crippen molar-refractivity contribution in [2.45, 2.75) is 24.0 Å². The van der Waals surface area contributed by atoms with E-state index in [4.69, 9.17) is 4.74 Å². The molecule has 1 amide bonds. The van der Waals surface area contributed by atoms with Crippen LogP contribution in [0.15, 0.2) is 59.5 Å². The van der Waals surface area contributed by atoms with Gasteiger partial charge in [-0.2, -0.15) is 4.68 Å². The van der Waals surface area contributed by atoms with Gasteiger partial charge in [0.25, 0.3) is 5.91 Å². The molecule has 0 saturated carbocycles. The van der Waals surface area contributed by atoms with Gasteiger partial charge in [0.2, 0.25) is 0 Å². The van der Waals surface area contributed by atoms with E-state index in [1.54, 1.807) is 16.8 Å². The molecule has 9 heteroatoms. The summed E-state index contributed by atoms with van der Waals surface area (Å²) in [7, 11) is 0. The molecule has 1 N–H and O–H groups in total. The summed E-state index contributed by atoms with van der Waals surface area (Å²) in [6, 6.07) is 16.7. The molecule has 0 unspecified atom stereocenters. The van der Waals surface area contributed by atoms with Crippen molar-refractivity contribution in [3.8, 4) is 5.69 Å². The topological polar surface area (TPSA) is 99.0 Å². The number of rotatable bonds is 9. The number of amides is 1. The summed E-state index contributed by atoms with van der Waals surface area (Å²) in [5.41, 5.74) is 1.26. The number of hydrogen-bond donors (Lipinski definition) is 1. The quantitative estimate of drug-likeness (QED) is 0.427. The lowest BCUT2D eigenvalue weighted by Crippen LogP contribution is -2.29. The van der Waals surface area contributed by atoms with E-state index in [-0.39, 0.29) is 12.5 Å². The second kappa shape index (κ2) is 10.4. The molecule has 0 saturated heterocycles. The van der Waals surface area contributed by atoms with Crippen molar-refractivity contribution in [3.63, 3.8) is 0 Å². The molecule has 0 atom stereocenters. The third kappa shape index (κ3) is 5.64. The summed E-state index contributed by atoms with van der Waals surface area (Å²) in [5, 5.41) is 14.5. The SMILES string of the molecule is CCCNC(=O)COC(=O)c1ccccc1SCc1nnnn1-c1ccccc1. The number of tetrazole rings is 1. The van der Waals surface area contributed by atoms with Gasteiger partial charge in [0.15, 0.2) is 12.4 Å². The zero-order valence-electron chi connectivity index (χ0n) is 15.9. The van der Waals surface area contributed by atoms with Crippen molar-refractivity contribution in [1.29, 1.82) is 0 Å². The molecule has 0 spiro atoms. The molecule has 0 aliphatic heterocycles. The van der Waals surface area contributed by atoms with E-state index < -0.39 is 5.97 Å². The van der Waals surface area contributed by atoms with Crippen LogP contribution in [0.3, 0.4) is 0 Å². The van der Waals surface area contributed by atoms with E-state index in [0.717, 1.165) is 17.0 Å². The Morgan fingerprint density at radius 1 is 1.10 bits per heavy atom. The van der Waals surface area contributed by atoms with E-state index in [0.29, 0.717) is 23.7 Å². The maximum atomic E-state index is 12.4. The Balaban J connectivity index is 1.65. The first-order chi connectivity index (χ1) is 14.2. The first-order valence-corrected chi connectivity index (χ1v) is 10.2. The number of nitrogens with zero attached hydrogens (tertiary/aromatic N) is 4. The molecule has 0 radical (unpaired) electrons. The Morgan fingerprint density at radius 2 is 1.86 bits per heavy atom. The molecular formula is C20H21N5O3S. The molecule has 1 heterocycles. The number of ether oxygens (including phenoxy) is 1. The minimum Gasteiger partial charge on any atom is -0.452 e. The molecular weight excluding hydrogens is 390 g/mol. The molecule has 0 fully saturated rings. The van der Waals surface area contributed by atoms with Crippen molar-refractivity contribution >= 4 is 23.6 Å². The monoisotopic (exact) mass is 411 g/mol. The number of carbonyl (C=O) groups is 2. The van der Waals surface area contributed by atoms with E-state index >= 15 is 0 Å². The fourth-order valence-electron chi connectivity index (χ4n) is 2.49. The molecule has 3 aromatic rings. The molecule has 0 aliphatic carbocycles. The fourth-order valence-corrected chi connectivity index (χ4v) is 3.44. The highest BCUT2D eigenvalue weighted by molar-refractivity contribution is 7.98. The van der Waals surface area contributed by atoms with Gasteiger partial charge in [0.05, 0.1) is 17.0 Å². The van der Waals surface area contributed by atoms with E-state index in [1.165, 1.54) is 11.8 Å². The number of benzene rings is 2. The van der Waals surface area contributed by atoms with Gasteiger partial charge in [-0.25, -0.2) is 4.79 Å². The summed E-state index contributed by atoms with van der Waals surface area (Å²) in [4.78, 5) is 24.8. The van der Waals surface area contributed by atoms with Crippen LogP contribution in [0.5, 0.6) is 0 Å². The van der Waals surface area contributed by atoms with Gasteiger partial charge in [-0.15, -0.1) is 16.9 Å². The van der Waals surface area contributed by atoms with Gasteiger partial charge in [0, 0.05) is 11.4 Å². The Labute approximate surface area is 172 Å². The predicted octanol–water partition coefficient (Wildman–Crippen LogP) is 2.64. The van der Waals surface area contributed by atoms with E-state index in [9.17, 15) is 9.59 Å². The second-order valence-electron chi connectivity index (χ2n) is 6.05. The molecule has 1 aromatic heterocycles. The molecule has 2 aromatic carbocycles. The minimum absolute atomic E-state index is 0.302. The molecule has 29 heavy (non-hydrogen) atoms. The Kier molecular flexibility index (Phi) is 7.34. The van der Waals surface area contributed by atoms with E-state index in [1.807, 2.05) is 49.4 Å². The Bertz CT molecular complexity index is 962. The lowest BCUT2D eigenvalue weighted by molar-refractivity contribution is -0.124. The molecule has 0 bridgehead atoms. The number of nitrogens with one attached hydrogen (secondary N) is 1. The van der Waals surface area contributed by atoms with Crippen LogP contribution in [0, 0.1) is 0 Å². The van der Waals surface area contributed by atoms with E-state index in [2.05, 4.69) is 20.8 Å². The summed E-state index contributed by atoms with van der Waals surface area (Å²) in [5.74, 6) is 0.265. The van der Waals surface area contributed by atoms with Crippen LogP contribution in [0.2, 0.25) is 0 Å². The van der Waals surface area contributed by atoms with Gasteiger partial charge < -0.3 is 10.1 Å². The number of thioether (sulfide) groups is 1. The number of aromatic nitrogens is 4. The lowest BCUT2D eigenvalue weighted by atomic mass is 10.2. The van der Waals surface area contributed by atoms with Crippen LogP contribution in [0.25, 0.3) is 5.69 Å². The number of esters is 1. The molecule has 0 aliphatic rings.